The number of rotatable bonds is 6. The average Bonchev–Trinajstić information content (AvgIpc) is 2.82. The number of hydrogen-bond donors (Lipinski definition) is 2. The van der Waals surface area contributed by atoms with Gasteiger partial charge in [0.2, 0.25) is 11.8 Å². The van der Waals surface area contributed by atoms with E-state index >= 15 is 0 Å². The first kappa shape index (κ1) is 15.3. The predicted molar refractivity (Wildman–Crippen MR) is 80.1 cm³/mol. The summed E-state index contributed by atoms with van der Waals surface area (Å²) < 4.78 is 5.15. The van der Waals surface area contributed by atoms with Crippen LogP contribution in [-0.4, -0.2) is 16.0 Å². The monoisotopic (exact) mass is 308 g/mol. The molecule has 1 heterocycles. The topological polar surface area (TPSA) is 94.0 Å². The van der Waals surface area contributed by atoms with E-state index in [0.29, 0.717) is 34.8 Å². The molecule has 0 bridgehead atoms. The number of carbonyl (C=O) groups excluding carboxylic acids is 1. The molecule has 0 aliphatic rings. The SMILES string of the molecule is CC(C)Cc1noc(CNc2ccc(C(N)=O)c(Cl)c2)n1. The summed E-state index contributed by atoms with van der Waals surface area (Å²) in [5.74, 6) is 1.12. The highest BCUT2D eigenvalue weighted by Crippen LogP contribution is 2.21. The van der Waals surface area contributed by atoms with Gasteiger partial charge in [-0.1, -0.05) is 30.6 Å². The first-order valence-electron chi connectivity index (χ1n) is 6.60. The minimum atomic E-state index is -0.554. The first-order valence-corrected chi connectivity index (χ1v) is 6.98. The van der Waals surface area contributed by atoms with Crippen LogP contribution in [0.2, 0.25) is 5.02 Å². The molecular formula is C14H17ClN4O2. The second kappa shape index (κ2) is 6.58. The molecule has 0 aliphatic carbocycles. The number of anilines is 1. The number of amides is 1. The van der Waals surface area contributed by atoms with Gasteiger partial charge in [-0.25, -0.2) is 0 Å². The van der Waals surface area contributed by atoms with Gasteiger partial charge in [0.1, 0.15) is 0 Å². The number of benzene rings is 1. The Morgan fingerprint density at radius 2 is 2.24 bits per heavy atom. The van der Waals surface area contributed by atoms with Crippen LogP contribution < -0.4 is 11.1 Å². The third kappa shape index (κ3) is 4.19. The summed E-state index contributed by atoms with van der Waals surface area (Å²) in [6.07, 6.45) is 0.780. The van der Waals surface area contributed by atoms with E-state index in [4.69, 9.17) is 21.9 Å². The number of hydrogen-bond acceptors (Lipinski definition) is 5. The molecule has 1 amide bonds. The normalized spacial score (nSPS) is 10.9. The van der Waals surface area contributed by atoms with Gasteiger partial charge in [0.05, 0.1) is 17.1 Å². The van der Waals surface area contributed by atoms with Crippen molar-refractivity contribution in [2.24, 2.45) is 11.7 Å². The van der Waals surface area contributed by atoms with Crippen molar-refractivity contribution in [3.05, 3.63) is 40.5 Å². The van der Waals surface area contributed by atoms with Crippen molar-refractivity contribution in [1.82, 2.24) is 10.1 Å². The van der Waals surface area contributed by atoms with E-state index in [-0.39, 0.29) is 0 Å². The lowest BCUT2D eigenvalue weighted by atomic mass is 10.1. The molecule has 0 unspecified atom stereocenters. The van der Waals surface area contributed by atoms with E-state index in [1.807, 2.05) is 0 Å². The maximum Gasteiger partial charge on any atom is 0.250 e. The van der Waals surface area contributed by atoms with Crippen LogP contribution in [0.15, 0.2) is 22.7 Å². The number of nitrogens with zero attached hydrogens (tertiary/aromatic N) is 2. The summed E-state index contributed by atoms with van der Waals surface area (Å²) in [6, 6.07) is 4.93. The zero-order valence-electron chi connectivity index (χ0n) is 11.9. The Kier molecular flexibility index (Phi) is 4.80. The van der Waals surface area contributed by atoms with E-state index in [2.05, 4.69) is 29.3 Å². The smallest absolute Gasteiger partial charge is 0.250 e. The zero-order chi connectivity index (χ0) is 15.4. The first-order chi connectivity index (χ1) is 9.95. The van der Waals surface area contributed by atoms with Crippen molar-refractivity contribution in [2.75, 3.05) is 5.32 Å². The van der Waals surface area contributed by atoms with Gasteiger partial charge in [-0.3, -0.25) is 4.79 Å². The number of nitrogens with one attached hydrogen (secondary N) is 1. The molecule has 0 fully saturated rings. The fraction of sp³-hybridized carbons (Fsp3) is 0.357. The molecule has 0 saturated heterocycles. The van der Waals surface area contributed by atoms with Crippen LogP contribution in [0.5, 0.6) is 0 Å². The molecule has 3 N–H and O–H groups in total. The number of carbonyl (C=O) groups is 1. The van der Waals surface area contributed by atoms with E-state index in [0.717, 1.165) is 12.1 Å². The highest BCUT2D eigenvalue weighted by atomic mass is 35.5. The molecule has 0 spiro atoms. The third-order valence-corrected chi connectivity index (χ3v) is 3.09. The molecule has 112 valence electrons. The Labute approximate surface area is 127 Å². The lowest BCUT2D eigenvalue weighted by Crippen LogP contribution is -2.11. The molecule has 0 radical (unpaired) electrons. The summed E-state index contributed by atoms with van der Waals surface area (Å²) in [6.45, 7) is 4.57. The van der Waals surface area contributed by atoms with Crippen molar-refractivity contribution in [3.8, 4) is 0 Å². The molecule has 2 rings (SSSR count). The summed E-state index contributed by atoms with van der Waals surface area (Å²) in [5, 5.41) is 7.32. The third-order valence-electron chi connectivity index (χ3n) is 2.78. The van der Waals surface area contributed by atoms with Crippen LogP contribution in [-0.2, 0) is 13.0 Å². The van der Waals surface area contributed by atoms with Crippen LogP contribution in [0.3, 0.4) is 0 Å². The molecule has 7 heteroatoms. The van der Waals surface area contributed by atoms with Crippen molar-refractivity contribution >= 4 is 23.2 Å². The minimum absolute atomic E-state index is 0.291. The van der Waals surface area contributed by atoms with Crippen molar-refractivity contribution in [2.45, 2.75) is 26.8 Å². The Bertz CT molecular complexity index is 640. The Hall–Kier alpha value is -2.08. The van der Waals surface area contributed by atoms with Gasteiger partial charge in [-0.05, 0) is 24.1 Å². The Balaban J connectivity index is 1.98. The fourth-order valence-corrected chi connectivity index (χ4v) is 2.09. The van der Waals surface area contributed by atoms with Crippen LogP contribution >= 0.6 is 11.6 Å². The fourth-order valence-electron chi connectivity index (χ4n) is 1.81. The van der Waals surface area contributed by atoms with Crippen molar-refractivity contribution < 1.29 is 9.32 Å². The number of nitrogens with two attached hydrogens (primary N) is 1. The molecule has 0 aliphatic heterocycles. The second-order valence-electron chi connectivity index (χ2n) is 5.11. The number of aromatic nitrogens is 2. The largest absolute Gasteiger partial charge is 0.376 e. The summed E-state index contributed by atoms with van der Waals surface area (Å²) in [4.78, 5) is 15.4. The summed E-state index contributed by atoms with van der Waals surface area (Å²) >= 11 is 5.98. The van der Waals surface area contributed by atoms with Crippen molar-refractivity contribution in [1.29, 1.82) is 0 Å². The lowest BCUT2D eigenvalue weighted by Gasteiger charge is -2.06. The van der Waals surface area contributed by atoms with E-state index in [9.17, 15) is 4.79 Å². The average molecular weight is 309 g/mol. The van der Waals surface area contributed by atoms with Crippen LogP contribution in [0.4, 0.5) is 5.69 Å². The molecule has 0 atom stereocenters. The highest BCUT2D eigenvalue weighted by molar-refractivity contribution is 6.34. The minimum Gasteiger partial charge on any atom is -0.376 e. The quantitative estimate of drug-likeness (QED) is 0.855. The lowest BCUT2D eigenvalue weighted by molar-refractivity contribution is 0.100. The van der Waals surface area contributed by atoms with Gasteiger partial charge in [0, 0.05) is 12.1 Å². The highest BCUT2D eigenvalue weighted by Gasteiger charge is 2.09. The van der Waals surface area contributed by atoms with Gasteiger partial charge in [0.15, 0.2) is 5.82 Å². The van der Waals surface area contributed by atoms with E-state index in [1.54, 1.807) is 18.2 Å². The molecular weight excluding hydrogens is 292 g/mol. The molecule has 0 saturated carbocycles. The van der Waals surface area contributed by atoms with Gasteiger partial charge < -0.3 is 15.6 Å². The molecule has 2 aromatic rings. The van der Waals surface area contributed by atoms with Crippen LogP contribution in [0.1, 0.15) is 35.9 Å². The van der Waals surface area contributed by atoms with Crippen LogP contribution in [0, 0.1) is 5.92 Å². The maximum absolute atomic E-state index is 11.1. The maximum atomic E-state index is 11.1. The molecule has 6 nitrogen and oxygen atoms in total. The number of primary amides is 1. The van der Waals surface area contributed by atoms with Gasteiger partial charge >= 0.3 is 0 Å². The standard InChI is InChI=1S/C14H17ClN4O2/c1-8(2)5-12-18-13(21-19-12)7-17-9-3-4-10(14(16)20)11(15)6-9/h3-4,6,8,17H,5,7H2,1-2H3,(H2,16,20). The van der Waals surface area contributed by atoms with Crippen LogP contribution in [0.25, 0.3) is 0 Å². The zero-order valence-corrected chi connectivity index (χ0v) is 12.6. The van der Waals surface area contributed by atoms with Gasteiger partial charge in [-0.15, -0.1) is 0 Å². The van der Waals surface area contributed by atoms with Gasteiger partial charge in [0.25, 0.3) is 0 Å². The van der Waals surface area contributed by atoms with E-state index in [1.165, 1.54) is 0 Å². The van der Waals surface area contributed by atoms with E-state index < -0.39 is 5.91 Å². The Morgan fingerprint density at radius 3 is 2.86 bits per heavy atom. The van der Waals surface area contributed by atoms with Gasteiger partial charge in [-0.2, -0.15) is 4.98 Å². The predicted octanol–water partition coefficient (Wildman–Crippen LogP) is 2.63. The molecule has 21 heavy (non-hydrogen) atoms. The van der Waals surface area contributed by atoms with Crippen molar-refractivity contribution in [3.63, 3.8) is 0 Å². The summed E-state index contributed by atoms with van der Waals surface area (Å²) in [5.41, 5.74) is 6.23. The molecule has 1 aromatic heterocycles. The molecule has 1 aromatic carbocycles. The number of halogens is 1. The Morgan fingerprint density at radius 1 is 1.48 bits per heavy atom. The second-order valence-corrected chi connectivity index (χ2v) is 5.52. The summed E-state index contributed by atoms with van der Waals surface area (Å²) in [7, 11) is 0.